The van der Waals surface area contributed by atoms with Crippen LogP contribution in [0.5, 0.6) is 5.75 Å². The second kappa shape index (κ2) is 4.89. The van der Waals surface area contributed by atoms with Crippen LogP contribution in [0.4, 0.5) is 5.69 Å². The molecule has 0 aromatic heterocycles. The molecule has 0 heterocycles. The summed E-state index contributed by atoms with van der Waals surface area (Å²) in [4.78, 5) is 2.35. The van der Waals surface area contributed by atoms with Gasteiger partial charge in [-0.15, -0.1) is 0 Å². The highest BCUT2D eigenvalue weighted by Crippen LogP contribution is 2.20. The van der Waals surface area contributed by atoms with Crippen molar-refractivity contribution in [3.63, 3.8) is 0 Å². The van der Waals surface area contributed by atoms with Gasteiger partial charge < -0.3 is 9.64 Å². The molecule has 0 saturated heterocycles. The second-order valence-corrected chi connectivity index (χ2v) is 3.58. The highest BCUT2D eigenvalue weighted by atomic mass is 16.5. The van der Waals surface area contributed by atoms with Crippen molar-refractivity contribution < 1.29 is 4.74 Å². The average Bonchev–Trinajstić information content (AvgIpc) is 2.19. The van der Waals surface area contributed by atoms with E-state index in [9.17, 15) is 0 Å². The summed E-state index contributed by atoms with van der Waals surface area (Å²) in [5.41, 5.74) is 1.25. The summed E-state index contributed by atoms with van der Waals surface area (Å²) in [6, 6.07) is 8.74. The molecular formula is C12H19NO. The largest absolute Gasteiger partial charge is 0.497 e. The van der Waals surface area contributed by atoms with Crippen LogP contribution in [0.15, 0.2) is 24.3 Å². The van der Waals surface area contributed by atoms with Gasteiger partial charge in [-0.25, -0.2) is 0 Å². The van der Waals surface area contributed by atoms with Gasteiger partial charge in [0.05, 0.1) is 7.11 Å². The minimum Gasteiger partial charge on any atom is -0.497 e. The van der Waals surface area contributed by atoms with Gasteiger partial charge in [0.15, 0.2) is 0 Å². The van der Waals surface area contributed by atoms with E-state index < -0.39 is 0 Å². The number of nitrogens with zero attached hydrogens (tertiary/aromatic N) is 1. The molecule has 0 radical (unpaired) electrons. The molecule has 0 aliphatic rings. The average molecular weight is 193 g/mol. The van der Waals surface area contributed by atoms with Gasteiger partial charge in [-0.05, 0) is 45.0 Å². The zero-order valence-corrected chi connectivity index (χ0v) is 9.45. The Morgan fingerprint density at radius 1 is 1.21 bits per heavy atom. The Labute approximate surface area is 86.5 Å². The van der Waals surface area contributed by atoms with Crippen LogP contribution < -0.4 is 9.64 Å². The Morgan fingerprint density at radius 2 is 1.79 bits per heavy atom. The lowest BCUT2D eigenvalue weighted by molar-refractivity contribution is 0.415. The van der Waals surface area contributed by atoms with Crippen molar-refractivity contribution in [2.24, 2.45) is 0 Å². The van der Waals surface area contributed by atoms with Crippen LogP contribution in [0, 0.1) is 0 Å². The molecule has 1 aromatic carbocycles. The minimum absolute atomic E-state index is 0.536. The molecule has 14 heavy (non-hydrogen) atoms. The van der Waals surface area contributed by atoms with E-state index in [-0.39, 0.29) is 0 Å². The molecule has 0 amide bonds. The zero-order valence-electron chi connectivity index (χ0n) is 9.45. The molecule has 0 bridgehead atoms. The van der Waals surface area contributed by atoms with Crippen molar-refractivity contribution >= 4 is 5.69 Å². The van der Waals surface area contributed by atoms with Gasteiger partial charge in [0.25, 0.3) is 0 Å². The smallest absolute Gasteiger partial charge is 0.119 e. The van der Waals surface area contributed by atoms with Gasteiger partial charge in [0.2, 0.25) is 0 Å². The third-order valence-electron chi connectivity index (χ3n) is 2.37. The number of anilines is 1. The van der Waals surface area contributed by atoms with Crippen LogP contribution in [0.1, 0.15) is 20.8 Å². The van der Waals surface area contributed by atoms with E-state index in [2.05, 4.69) is 37.8 Å². The van der Waals surface area contributed by atoms with Crippen LogP contribution >= 0.6 is 0 Å². The molecule has 0 aliphatic heterocycles. The van der Waals surface area contributed by atoms with E-state index in [4.69, 9.17) is 4.74 Å². The van der Waals surface area contributed by atoms with Gasteiger partial charge >= 0.3 is 0 Å². The lowest BCUT2D eigenvalue weighted by Gasteiger charge is -2.27. The molecule has 1 rings (SSSR count). The third kappa shape index (κ3) is 2.41. The summed E-state index contributed by atoms with van der Waals surface area (Å²) in [7, 11) is 1.69. The van der Waals surface area contributed by atoms with E-state index in [1.165, 1.54) is 5.69 Å². The maximum atomic E-state index is 5.12. The Morgan fingerprint density at radius 3 is 2.14 bits per heavy atom. The monoisotopic (exact) mass is 193 g/mol. The fourth-order valence-electron chi connectivity index (χ4n) is 1.62. The molecule has 0 atom stereocenters. The van der Waals surface area contributed by atoms with Crippen LogP contribution in [-0.4, -0.2) is 19.7 Å². The summed E-state index contributed by atoms with van der Waals surface area (Å²) in [5, 5.41) is 0. The molecule has 0 aliphatic carbocycles. The van der Waals surface area contributed by atoms with E-state index in [1.54, 1.807) is 7.11 Å². The van der Waals surface area contributed by atoms with Crippen LogP contribution in [0.25, 0.3) is 0 Å². The highest BCUT2D eigenvalue weighted by molar-refractivity contribution is 5.49. The normalized spacial score (nSPS) is 10.4. The van der Waals surface area contributed by atoms with Gasteiger partial charge in [-0.1, -0.05) is 0 Å². The molecule has 2 nitrogen and oxygen atoms in total. The van der Waals surface area contributed by atoms with Gasteiger partial charge in [0, 0.05) is 18.3 Å². The summed E-state index contributed by atoms with van der Waals surface area (Å²) < 4.78 is 5.12. The van der Waals surface area contributed by atoms with E-state index >= 15 is 0 Å². The molecule has 0 saturated carbocycles. The van der Waals surface area contributed by atoms with Crippen molar-refractivity contribution in [2.75, 3.05) is 18.6 Å². The number of benzene rings is 1. The standard InChI is InChI=1S/C12H19NO/c1-5-13(10(2)3)11-6-8-12(14-4)9-7-11/h6-10H,5H2,1-4H3. The number of hydrogen-bond donors (Lipinski definition) is 0. The first-order chi connectivity index (χ1) is 6.69. The summed E-state index contributed by atoms with van der Waals surface area (Å²) in [6.07, 6.45) is 0. The fraction of sp³-hybridized carbons (Fsp3) is 0.500. The first-order valence-electron chi connectivity index (χ1n) is 5.09. The minimum atomic E-state index is 0.536. The molecule has 0 fully saturated rings. The second-order valence-electron chi connectivity index (χ2n) is 3.58. The Hall–Kier alpha value is -1.18. The van der Waals surface area contributed by atoms with E-state index in [0.29, 0.717) is 6.04 Å². The van der Waals surface area contributed by atoms with Gasteiger partial charge in [-0.2, -0.15) is 0 Å². The predicted octanol–water partition coefficient (Wildman–Crippen LogP) is 2.93. The highest BCUT2D eigenvalue weighted by Gasteiger charge is 2.07. The van der Waals surface area contributed by atoms with Crippen LogP contribution in [0.2, 0.25) is 0 Å². The Bertz CT molecular complexity index is 266. The van der Waals surface area contributed by atoms with Crippen molar-refractivity contribution in [1.82, 2.24) is 0 Å². The lowest BCUT2D eigenvalue weighted by atomic mass is 10.2. The van der Waals surface area contributed by atoms with E-state index in [0.717, 1.165) is 12.3 Å². The predicted molar refractivity (Wildman–Crippen MR) is 61.2 cm³/mol. The molecule has 0 N–H and O–H groups in total. The Kier molecular flexibility index (Phi) is 3.81. The SMILES string of the molecule is CCN(c1ccc(OC)cc1)C(C)C. The van der Waals surface area contributed by atoms with Crippen molar-refractivity contribution in [3.05, 3.63) is 24.3 Å². The topological polar surface area (TPSA) is 12.5 Å². The number of methoxy groups -OCH3 is 1. The quantitative estimate of drug-likeness (QED) is 0.729. The van der Waals surface area contributed by atoms with Crippen LogP contribution in [-0.2, 0) is 0 Å². The van der Waals surface area contributed by atoms with Gasteiger partial charge in [0.1, 0.15) is 5.75 Å². The first kappa shape index (κ1) is 10.9. The maximum Gasteiger partial charge on any atom is 0.119 e. The molecule has 0 unspecified atom stereocenters. The number of ether oxygens (including phenoxy) is 1. The number of rotatable bonds is 4. The fourth-order valence-corrected chi connectivity index (χ4v) is 1.62. The summed E-state index contributed by atoms with van der Waals surface area (Å²) >= 11 is 0. The molecule has 0 spiro atoms. The van der Waals surface area contributed by atoms with Crippen molar-refractivity contribution in [3.8, 4) is 5.75 Å². The first-order valence-corrected chi connectivity index (χ1v) is 5.09. The molecular weight excluding hydrogens is 174 g/mol. The lowest BCUT2D eigenvalue weighted by Crippen LogP contribution is -2.30. The van der Waals surface area contributed by atoms with Crippen LogP contribution in [0.3, 0.4) is 0 Å². The van der Waals surface area contributed by atoms with E-state index in [1.807, 2.05) is 12.1 Å². The Balaban J connectivity index is 2.84. The maximum absolute atomic E-state index is 5.12. The summed E-state index contributed by atoms with van der Waals surface area (Å²) in [5.74, 6) is 0.911. The van der Waals surface area contributed by atoms with Crippen molar-refractivity contribution in [1.29, 1.82) is 0 Å². The number of hydrogen-bond acceptors (Lipinski definition) is 2. The summed E-state index contributed by atoms with van der Waals surface area (Å²) in [6.45, 7) is 7.61. The zero-order chi connectivity index (χ0) is 10.6. The third-order valence-corrected chi connectivity index (χ3v) is 2.37. The molecule has 78 valence electrons. The molecule has 2 heteroatoms. The van der Waals surface area contributed by atoms with Crippen molar-refractivity contribution in [2.45, 2.75) is 26.8 Å². The van der Waals surface area contributed by atoms with Gasteiger partial charge in [-0.3, -0.25) is 0 Å². The molecule has 1 aromatic rings.